The van der Waals surface area contributed by atoms with Crippen LogP contribution in [0.4, 0.5) is 0 Å². The number of rotatable bonds is 6. The van der Waals surface area contributed by atoms with Crippen molar-refractivity contribution in [3.63, 3.8) is 0 Å². The van der Waals surface area contributed by atoms with Crippen molar-refractivity contribution in [1.82, 2.24) is 4.31 Å². The van der Waals surface area contributed by atoms with Crippen molar-refractivity contribution in [2.45, 2.75) is 24.9 Å². The number of hydrogen-bond acceptors (Lipinski definition) is 2. The smallest absolute Gasteiger partial charge is 0.207 e. The quantitative estimate of drug-likeness (QED) is 0.596. The van der Waals surface area contributed by atoms with Gasteiger partial charge in [-0.05, 0) is 35.7 Å². The van der Waals surface area contributed by atoms with E-state index in [1.807, 2.05) is 67.6 Å². The first kappa shape index (κ1) is 18.6. The molecule has 0 saturated heterocycles. The number of hydrogen-bond donors (Lipinski definition) is 0. The Kier molecular flexibility index (Phi) is 5.77. The van der Waals surface area contributed by atoms with E-state index in [2.05, 4.69) is 0 Å². The summed E-state index contributed by atoms with van der Waals surface area (Å²) in [4.78, 5) is 0.208. The SMILES string of the molecule is Cc1ccc(S(=O)(=O)N(Cc2ccccc2)Cc2ccccc2)cc1Cl. The molecule has 0 bridgehead atoms. The van der Waals surface area contributed by atoms with Gasteiger partial charge in [0.15, 0.2) is 0 Å². The van der Waals surface area contributed by atoms with Crippen LogP contribution in [0, 0.1) is 6.92 Å². The van der Waals surface area contributed by atoms with Crippen LogP contribution in [-0.2, 0) is 23.1 Å². The summed E-state index contributed by atoms with van der Waals surface area (Å²) < 4.78 is 28.0. The maximum atomic E-state index is 13.3. The molecule has 0 saturated carbocycles. The van der Waals surface area contributed by atoms with Crippen LogP contribution in [0.1, 0.15) is 16.7 Å². The lowest BCUT2D eigenvalue weighted by atomic mass is 10.2. The van der Waals surface area contributed by atoms with Crippen LogP contribution in [0.15, 0.2) is 83.8 Å². The normalized spacial score (nSPS) is 11.7. The van der Waals surface area contributed by atoms with E-state index in [-0.39, 0.29) is 4.90 Å². The Morgan fingerprint density at radius 3 is 1.77 bits per heavy atom. The molecule has 0 fully saturated rings. The van der Waals surface area contributed by atoms with Gasteiger partial charge in [-0.1, -0.05) is 78.3 Å². The fourth-order valence-electron chi connectivity index (χ4n) is 2.68. The molecule has 134 valence electrons. The predicted molar refractivity (Wildman–Crippen MR) is 106 cm³/mol. The van der Waals surface area contributed by atoms with E-state index in [1.165, 1.54) is 10.4 Å². The largest absolute Gasteiger partial charge is 0.243 e. The van der Waals surface area contributed by atoms with Gasteiger partial charge in [-0.3, -0.25) is 0 Å². The summed E-state index contributed by atoms with van der Waals surface area (Å²) in [7, 11) is -3.69. The van der Waals surface area contributed by atoms with Gasteiger partial charge in [0.1, 0.15) is 0 Å². The molecule has 0 heterocycles. The van der Waals surface area contributed by atoms with Crippen LogP contribution >= 0.6 is 11.6 Å². The maximum Gasteiger partial charge on any atom is 0.243 e. The van der Waals surface area contributed by atoms with Crippen molar-refractivity contribution < 1.29 is 8.42 Å². The van der Waals surface area contributed by atoms with Crippen molar-refractivity contribution >= 4 is 21.6 Å². The van der Waals surface area contributed by atoms with Crippen LogP contribution in [-0.4, -0.2) is 12.7 Å². The molecule has 0 spiro atoms. The molecule has 26 heavy (non-hydrogen) atoms. The van der Waals surface area contributed by atoms with Crippen LogP contribution in [0.3, 0.4) is 0 Å². The Labute approximate surface area is 159 Å². The van der Waals surface area contributed by atoms with Crippen molar-refractivity contribution in [1.29, 1.82) is 0 Å². The zero-order chi connectivity index (χ0) is 18.6. The van der Waals surface area contributed by atoms with Gasteiger partial charge in [0.25, 0.3) is 0 Å². The Bertz CT molecular complexity index is 932. The van der Waals surface area contributed by atoms with E-state index in [0.29, 0.717) is 18.1 Å². The molecule has 0 N–H and O–H groups in total. The summed E-state index contributed by atoms with van der Waals surface area (Å²) in [5.41, 5.74) is 2.72. The summed E-state index contributed by atoms with van der Waals surface area (Å²) in [6.45, 7) is 2.44. The summed E-state index contributed by atoms with van der Waals surface area (Å²) in [6.07, 6.45) is 0. The Morgan fingerprint density at radius 1 is 0.808 bits per heavy atom. The highest BCUT2D eigenvalue weighted by atomic mass is 35.5. The minimum atomic E-state index is -3.69. The summed E-state index contributed by atoms with van der Waals surface area (Å²) in [6, 6.07) is 24.0. The molecule has 0 amide bonds. The van der Waals surface area contributed by atoms with Crippen molar-refractivity contribution in [2.75, 3.05) is 0 Å². The standard InChI is InChI=1S/C21H20ClNO2S/c1-17-12-13-20(14-21(17)22)26(24,25)23(15-18-8-4-2-5-9-18)16-19-10-6-3-7-11-19/h2-14H,15-16H2,1H3. The van der Waals surface area contributed by atoms with Gasteiger partial charge in [-0.15, -0.1) is 0 Å². The predicted octanol–water partition coefficient (Wildman–Crippen LogP) is 5.04. The average molecular weight is 386 g/mol. The number of benzene rings is 3. The molecule has 0 unspecified atom stereocenters. The van der Waals surface area contributed by atoms with Crippen molar-refractivity contribution in [3.05, 3.63) is 101 Å². The third-order valence-corrected chi connectivity index (χ3v) is 6.38. The number of nitrogens with zero attached hydrogens (tertiary/aromatic N) is 1. The average Bonchev–Trinajstić information content (AvgIpc) is 2.65. The summed E-state index contributed by atoms with van der Waals surface area (Å²) >= 11 is 6.16. The molecule has 3 nitrogen and oxygen atoms in total. The second-order valence-electron chi connectivity index (χ2n) is 6.16. The molecule has 0 aliphatic heterocycles. The van der Waals surface area contributed by atoms with Gasteiger partial charge in [-0.2, -0.15) is 4.31 Å². The number of halogens is 1. The highest BCUT2D eigenvalue weighted by Crippen LogP contribution is 2.25. The number of sulfonamides is 1. The Morgan fingerprint density at radius 2 is 1.31 bits per heavy atom. The molecule has 0 atom stereocenters. The van der Waals surface area contributed by atoms with Crippen LogP contribution < -0.4 is 0 Å². The van der Waals surface area contributed by atoms with Crippen LogP contribution in [0.2, 0.25) is 5.02 Å². The monoisotopic (exact) mass is 385 g/mol. The van der Waals surface area contributed by atoms with E-state index in [4.69, 9.17) is 11.6 Å². The van der Waals surface area contributed by atoms with Gasteiger partial charge >= 0.3 is 0 Å². The van der Waals surface area contributed by atoms with Crippen LogP contribution in [0.25, 0.3) is 0 Å². The molecule has 3 aromatic rings. The fourth-order valence-corrected chi connectivity index (χ4v) is 4.37. The van der Waals surface area contributed by atoms with Gasteiger partial charge in [0.05, 0.1) is 4.90 Å². The minimum absolute atomic E-state index is 0.208. The fraction of sp³-hybridized carbons (Fsp3) is 0.143. The Balaban J connectivity index is 1.99. The molecule has 0 aromatic heterocycles. The molecule has 3 rings (SSSR count). The Hall–Kier alpha value is -2.14. The second-order valence-corrected chi connectivity index (χ2v) is 8.50. The molecule has 0 radical (unpaired) electrons. The first-order valence-corrected chi connectivity index (χ1v) is 10.1. The summed E-state index contributed by atoms with van der Waals surface area (Å²) in [5, 5.41) is 0.449. The molecular formula is C21H20ClNO2S. The van der Waals surface area contributed by atoms with E-state index in [0.717, 1.165) is 16.7 Å². The van der Waals surface area contributed by atoms with E-state index < -0.39 is 10.0 Å². The lowest BCUT2D eigenvalue weighted by Crippen LogP contribution is -2.30. The molecule has 0 aliphatic rings. The highest BCUT2D eigenvalue weighted by molar-refractivity contribution is 7.89. The zero-order valence-electron chi connectivity index (χ0n) is 14.5. The lowest BCUT2D eigenvalue weighted by Gasteiger charge is -2.23. The summed E-state index contributed by atoms with van der Waals surface area (Å²) in [5.74, 6) is 0. The topological polar surface area (TPSA) is 37.4 Å². The van der Waals surface area contributed by atoms with Gasteiger partial charge in [0, 0.05) is 18.1 Å². The first-order chi connectivity index (χ1) is 12.5. The lowest BCUT2D eigenvalue weighted by molar-refractivity contribution is 0.401. The first-order valence-electron chi connectivity index (χ1n) is 8.31. The molecule has 5 heteroatoms. The third-order valence-electron chi connectivity index (χ3n) is 4.18. The van der Waals surface area contributed by atoms with Gasteiger partial charge < -0.3 is 0 Å². The third kappa shape index (κ3) is 4.33. The minimum Gasteiger partial charge on any atom is -0.207 e. The van der Waals surface area contributed by atoms with Crippen LogP contribution in [0.5, 0.6) is 0 Å². The van der Waals surface area contributed by atoms with Gasteiger partial charge in [-0.25, -0.2) is 8.42 Å². The zero-order valence-corrected chi connectivity index (χ0v) is 16.0. The molecular weight excluding hydrogens is 366 g/mol. The number of aryl methyl sites for hydroxylation is 1. The molecule has 3 aromatic carbocycles. The van der Waals surface area contributed by atoms with E-state index in [9.17, 15) is 8.42 Å². The van der Waals surface area contributed by atoms with Crippen molar-refractivity contribution in [2.24, 2.45) is 0 Å². The van der Waals surface area contributed by atoms with E-state index >= 15 is 0 Å². The van der Waals surface area contributed by atoms with Gasteiger partial charge in [0.2, 0.25) is 10.0 Å². The highest BCUT2D eigenvalue weighted by Gasteiger charge is 2.25. The second kappa shape index (κ2) is 8.04. The van der Waals surface area contributed by atoms with E-state index in [1.54, 1.807) is 12.1 Å². The molecule has 0 aliphatic carbocycles. The maximum absolute atomic E-state index is 13.3. The van der Waals surface area contributed by atoms with Crippen molar-refractivity contribution in [3.8, 4) is 0 Å².